The molecular formula is C13H15ClN2O. The third-order valence-corrected chi connectivity index (χ3v) is 3.23. The fourth-order valence-electron chi connectivity index (χ4n) is 1.33. The van der Waals surface area contributed by atoms with Crippen molar-refractivity contribution >= 4 is 23.2 Å². The zero-order valence-corrected chi connectivity index (χ0v) is 10.9. The number of hydrogen-bond donors (Lipinski definition) is 1. The minimum Gasteiger partial charge on any atom is -0.323 e. The number of carbonyl (C=O) groups excluding carboxylic acids is 1. The summed E-state index contributed by atoms with van der Waals surface area (Å²) in [6.45, 7) is 5.29. The fourth-order valence-corrected chi connectivity index (χ4v) is 1.60. The van der Waals surface area contributed by atoms with Crippen LogP contribution < -0.4 is 5.32 Å². The van der Waals surface area contributed by atoms with Gasteiger partial charge in [0.05, 0.1) is 16.8 Å². The van der Waals surface area contributed by atoms with Crippen LogP contribution in [0.15, 0.2) is 18.2 Å². The van der Waals surface area contributed by atoms with Gasteiger partial charge >= 0.3 is 0 Å². The van der Waals surface area contributed by atoms with Gasteiger partial charge in [0.1, 0.15) is 5.41 Å². The summed E-state index contributed by atoms with van der Waals surface area (Å²) in [4.78, 5) is 12.0. The maximum absolute atomic E-state index is 12.0. The van der Waals surface area contributed by atoms with E-state index in [1.54, 1.807) is 13.0 Å². The van der Waals surface area contributed by atoms with Crippen molar-refractivity contribution in [2.24, 2.45) is 5.41 Å². The molecule has 90 valence electrons. The van der Waals surface area contributed by atoms with Crippen LogP contribution in [-0.4, -0.2) is 5.91 Å². The molecule has 0 radical (unpaired) electrons. The highest BCUT2D eigenvalue weighted by Crippen LogP contribution is 2.28. The van der Waals surface area contributed by atoms with Gasteiger partial charge in [-0.2, -0.15) is 5.26 Å². The normalized spacial score (nSPS) is 13.6. The summed E-state index contributed by atoms with van der Waals surface area (Å²) in [5.74, 6) is -0.321. The fraction of sp³-hybridized carbons (Fsp3) is 0.385. The van der Waals surface area contributed by atoms with Crippen LogP contribution in [-0.2, 0) is 4.79 Å². The first-order chi connectivity index (χ1) is 7.94. The lowest BCUT2D eigenvalue weighted by atomic mass is 9.88. The second-order valence-electron chi connectivity index (χ2n) is 4.18. The average Bonchev–Trinajstić information content (AvgIpc) is 2.32. The van der Waals surface area contributed by atoms with Crippen molar-refractivity contribution in [2.75, 3.05) is 5.32 Å². The zero-order chi connectivity index (χ0) is 13.1. The van der Waals surface area contributed by atoms with Gasteiger partial charge in [-0.25, -0.2) is 0 Å². The van der Waals surface area contributed by atoms with Crippen molar-refractivity contribution < 1.29 is 4.79 Å². The number of aryl methyl sites for hydroxylation is 1. The number of hydrogen-bond acceptors (Lipinski definition) is 2. The van der Waals surface area contributed by atoms with E-state index in [4.69, 9.17) is 16.9 Å². The van der Waals surface area contributed by atoms with Gasteiger partial charge in [0, 0.05) is 0 Å². The highest BCUT2D eigenvalue weighted by Gasteiger charge is 2.31. The van der Waals surface area contributed by atoms with Crippen LogP contribution >= 0.6 is 11.6 Å². The second kappa shape index (κ2) is 5.20. The van der Waals surface area contributed by atoms with E-state index in [-0.39, 0.29) is 5.91 Å². The number of nitriles is 1. The monoisotopic (exact) mass is 250 g/mol. The standard InChI is InChI=1S/C13H15ClN2O/c1-4-13(3,8-15)12(17)16-11-9(2)6-5-7-10(11)14/h5-7H,4H2,1-3H3,(H,16,17). The molecule has 0 aromatic heterocycles. The second-order valence-corrected chi connectivity index (χ2v) is 4.59. The Morgan fingerprint density at radius 3 is 2.71 bits per heavy atom. The average molecular weight is 251 g/mol. The summed E-state index contributed by atoms with van der Waals surface area (Å²) in [7, 11) is 0. The molecule has 1 amide bonds. The molecule has 3 nitrogen and oxygen atoms in total. The number of amides is 1. The zero-order valence-electron chi connectivity index (χ0n) is 10.2. The molecule has 1 aromatic carbocycles. The molecule has 0 saturated carbocycles. The van der Waals surface area contributed by atoms with Crippen molar-refractivity contribution in [2.45, 2.75) is 27.2 Å². The molecule has 17 heavy (non-hydrogen) atoms. The molecule has 0 saturated heterocycles. The van der Waals surface area contributed by atoms with E-state index in [0.29, 0.717) is 17.1 Å². The van der Waals surface area contributed by atoms with Crippen LogP contribution in [0.5, 0.6) is 0 Å². The van der Waals surface area contributed by atoms with E-state index < -0.39 is 5.41 Å². The predicted molar refractivity (Wildman–Crippen MR) is 68.8 cm³/mol. The van der Waals surface area contributed by atoms with Gasteiger partial charge in [0.15, 0.2) is 0 Å². The first-order valence-corrected chi connectivity index (χ1v) is 5.80. The van der Waals surface area contributed by atoms with E-state index >= 15 is 0 Å². The lowest BCUT2D eigenvalue weighted by Crippen LogP contribution is -2.31. The van der Waals surface area contributed by atoms with Crippen molar-refractivity contribution in [3.8, 4) is 6.07 Å². The minimum atomic E-state index is -1.02. The summed E-state index contributed by atoms with van der Waals surface area (Å²) in [5, 5.41) is 12.2. The number of nitrogens with zero attached hydrogens (tertiary/aromatic N) is 1. The Balaban J connectivity index is 3.01. The maximum atomic E-state index is 12.0. The highest BCUT2D eigenvalue weighted by atomic mass is 35.5. The number of carbonyl (C=O) groups is 1. The molecule has 4 heteroatoms. The summed E-state index contributed by atoms with van der Waals surface area (Å²) in [5.41, 5.74) is 0.433. The smallest absolute Gasteiger partial charge is 0.244 e. The van der Waals surface area contributed by atoms with Crippen LogP contribution in [0.1, 0.15) is 25.8 Å². The van der Waals surface area contributed by atoms with Gasteiger partial charge in [-0.05, 0) is 31.9 Å². The van der Waals surface area contributed by atoms with Crippen molar-refractivity contribution in [1.29, 1.82) is 5.26 Å². The molecule has 1 rings (SSSR count). The van der Waals surface area contributed by atoms with Crippen molar-refractivity contribution in [3.05, 3.63) is 28.8 Å². The Kier molecular flexibility index (Phi) is 4.14. The summed E-state index contributed by atoms with van der Waals surface area (Å²) < 4.78 is 0. The Hall–Kier alpha value is -1.53. The van der Waals surface area contributed by atoms with Crippen LogP contribution in [0.4, 0.5) is 5.69 Å². The Morgan fingerprint density at radius 2 is 2.24 bits per heavy atom. The maximum Gasteiger partial charge on any atom is 0.244 e. The molecule has 1 atom stereocenters. The predicted octanol–water partition coefficient (Wildman–Crippen LogP) is 3.53. The molecule has 1 N–H and O–H groups in total. The van der Waals surface area contributed by atoms with E-state index in [1.165, 1.54) is 0 Å². The third kappa shape index (κ3) is 2.78. The van der Waals surface area contributed by atoms with Gasteiger partial charge in [-0.15, -0.1) is 0 Å². The van der Waals surface area contributed by atoms with Crippen molar-refractivity contribution in [3.63, 3.8) is 0 Å². The van der Waals surface area contributed by atoms with Crippen LogP contribution in [0, 0.1) is 23.7 Å². The van der Waals surface area contributed by atoms with Crippen LogP contribution in [0.3, 0.4) is 0 Å². The molecule has 0 bridgehead atoms. The van der Waals surface area contributed by atoms with E-state index in [0.717, 1.165) is 5.56 Å². The Bertz CT molecular complexity index is 459. The van der Waals surface area contributed by atoms with Crippen LogP contribution in [0.25, 0.3) is 0 Å². The van der Waals surface area contributed by atoms with Crippen molar-refractivity contribution in [1.82, 2.24) is 0 Å². The van der Waals surface area contributed by atoms with Gasteiger partial charge in [0.2, 0.25) is 5.91 Å². The summed E-state index contributed by atoms with van der Waals surface area (Å²) in [6, 6.07) is 7.41. The molecular weight excluding hydrogens is 236 g/mol. The van der Waals surface area contributed by atoms with Gasteiger partial charge in [-0.1, -0.05) is 30.7 Å². The largest absolute Gasteiger partial charge is 0.323 e. The molecule has 0 aliphatic carbocycles. The van der Waals surface area contributed by atoms with E-state index in [9.17, 15) is 4.79 Å². The SMILES string of the molecule is CCC(C)(C#N)C(=O)Nc1c(C)cccc1Cl. The molecule has 1 unspecified atom stereocenters. The molecule has 0 heterocycles. The van der Waals surface area contributed by atoms with Gasteiger partial charge in [0.25, 0.3) is 0 Å². The van der Waals surface area contributed by atoms with E-state index in [2.05, 4.69) is 5.32 Å². The molecule has 0 fully saturated rings. The number of nitrogens with one attached hydrogen (secondary N) is 1. The van der Waals surface area contributed by atoms with E-state index in [1.807, 2.05) is 32.0 Å². The minimum absolute atomic E-state index is 0.321. The van der Waals surface area contributed by atoms with Crippen LogP contribution in [0.2, 0.25) is 5.02 Å². The number of anilines is 1. The van der Waals surface area contributed by atoms with Gasteiger partial charge in [-0.3, -0.25) is 4.79 Å². The number of para-hydroxylation sites is 1. The van der Waals surface area contributed by atoms with Gasteiger partial charge < -0.3 is 5.32 Å². The lowest BCUT2D eigenvalue weighted by Gasteiger charge is -2.20. The molecule has 0 aliphatic heterocycles. The molecule has 0 spiro atoms. The molecule has 1 aromatic rings. The highest BCUT2D eigenvalue weighted by molar-refractivity contribution is 6.34. The summed E-state index contributed by atoms with van der Waals surface area (Å²) in [6.07, 6.45) is 0.457. The Labute approximate surface area is 106 Å². The first-order valence-electron chi connectivity index (χ1n) is 5.42. The Morgan fingerprint density at radius 1 is 1.59 bits per heavy atom. The third-order valence-electron chi connectivity index (χ3n) is 2.92. The number of rotatable bonds is 3. The topological polar surface area (TPSA) is 52.9 Å². The number of halogens is 1. The number of benzene rings is 1. The first kappa shape index (κ1) is 13.5. The lowest BCUT2D eigenvalue weighted by molar-refractivity contribution is -0.122. The molecule has 0 aliphatic rings. The summed E-state index contributed by atoms with van der Waals surface area (Å²) >= 11 is 6.01. The quantitative estimate of drug-likeness (QED) is 0.892.